The molecule has 8 nitrogen and oxygen atoms in total. The second-order valence-corrected chi connectivity index (χ2v) is 5.31. The Balaban J connectivity index is -0.000000442. The topological polar surface area (TPSA) is 95.8 Å². The number of halogens is 1. The lowest BCUT2D eigenvalue weighted by atomic mass is 10.7. The highest BCUT2D eigenvalue weighted by Gasteiger charge is 1.91. The molecule has 0 bridgehead atoms. The molecule has 0 unspecified atom stereocenters. The molecule has 0 aromatic carbocycles. The van der Waals surface area contributed by atoms with Gasteiger partial charge in [-0.2, -0.15) is 0 Å². The Bertz CT molecular complexity index is 383. The van der Waals surface area contributed by atoms with Crippen molar-refractivity contribution in [3.63, 3.8) is 0 Å². The van der Waals surface area contributed by atoms with Crippen LogP contribution in [-0.4, -0.2) is 108 Å². The van der Waals surface area contributed by atoms with Crippen LogP contribution >= 0.6 is 15.9 Å². The maximum Gasteiger partial charge on any atom is 0.107 e. The molecule has 0 radical (unpaired) electrons. The Kier molecular flexibility index (Phi) is 42.9. The van der Waals surface area contributed by atoms with Crippen LogP contribution in [0.3, 0.4) is 0 Å². The summed E-state index contributed by atoms with van der Waals surface area (Å²) in [5.41, 5.74) is 0. The third-order valence-electron chi connectivity index (χ3n) is 2.41. The van der Waals surface area contributed by atoms with Crippen molar-refractivity contribution in [1.82, 2.24) is 0 Å². The summed E-state index contributed by atoms with van der Waals surface area (Å²) >= 11 is 3.01. The van der Waals surface area contributed by atoms with E-state index in [0.29, 0.717) is 84.6 Å². The van der Waals surface area contributed by atoms with E-state index in [1.165, 1.54) is 0 Å². The van der Waals surface area contributed by atoms with Gasteiger partial charge >= 0.3 is 0 Å². The maximum atomic E-state index is 8.26. The van der Waals surface area contributed by atoms with Gasteiger partial charge in [0.1, 0.15) is 13.2 Å². The van der Waals surface area contributed by atoms with Gasteiger partial charge in [0.05, 0.1) is 84.6 Å². The average Bonchev–Trinajstić information content (AvgIpc) is 2.77. The number of ether oxygens (including phenoxy) is 6. The van der Waals surface area contributed by atoms with Gasteiger partial charge in [0.25, 0.3) is 0 Å². The standard InChI is InChI=1S/C12H18O4.C6H14O4.C3H3Br/c1-3-5-13-7-9-15-11-12-16-10-8-14-6-4-2;7-1-3-9-5-6-10-4-2-8;1-2-3-4/h1-2H,5-12H2;7-8H,1-6H2;1H,3H2. The fourth-order valence-electron chi connectivity index (χ4n) is 1.27. The van der Waals surface area contributed by atoms with Gasteiger partial charge in [0, 0.05) is 0 Å². The largest absolute Gasteiger partial charge is 0.394 e. The SMILES string of the molecule is C#CCBr.C#CCOCCOCCOCCOCC#C.OCCOCCOCCO. The van der Waals surface area contributed by atoms with E-state index in [0.717, 1.165) is 0 Å². The number of alkyl halides is 1. The van der Waals surface area contributed by atoms with E-state index in [1.54, 1.807) is 0 Å². The van der Waals surface area contributed by atoms with Gasteiger partial charge < -0.3 is 38.6 Å². The second-order valence-electron chi connectivity index (χ2n) is 4.75. The first kappa shape index (κ1) is 33.5. The number of rotatable bonds is 18. The van der Waals surface area contributed by atoms with Gasteiger partial charge in [-0.05, 0) is 0 Å². The third-order valence-corrected chi connectivity index (χ3v) is 2.73. The molecule has 0 aliphatic rings. The molecule has 0 atom stereocenters. The molecular formula is C21H35BrO8. The minimum atomic E-state index is 0.0417. The van der Waals surface area contributed by atoms with Crippen molar-refractivity contribution in [1.29, 1.82) is 0 Å². The molecule has 2 N–H and O–H groups in total. The summed E-state index contributed by atoms with van der Waals surface area (Å²) in [4.78, 5) is 0. The number of hydrogen-bond acceptors (Lipinski definition) is 8. The zero-order valence-corrected chi connectivity index (χ0v) is 19.1. The number of hydrogen-bond donors (Lipinski definition) is 2. The molecule has 174 valence electrons. The zero-order chi connectivity index (χ0) is 23.0. The fraction of sp³-hybridized carbons (Fsp3) is 0.714. The first-order valence-corrected chi connectivity index (χ1v) is 10.4. The number of aliphatic hydroxyl groups excluding tert-OH is 2. The predicted octanol–water partition coefficient (Wildman–Crippen LogP) is 0.338. The fourth-order valence-corrected chi connectivity index (χ4v) is 1.27. The minimum absolute atomic E-state index is 0.0417. The molecule has 0 heterocycles. The normalized spacial score (nSPS) is 9.20. The molecule has 30 heavy (non-hydrogen) atoms. The molecule has 0 amide bonds. The van der Waals surface area contributed by atoms with Crippen LogP contribution in [0.25, 0.3) is 0 Å². The summed E-state index contributed by atoms with van der Waals surface area (Å²) in [6.07, 6.45) is 14.7. The highest BCUT2D eigenvalue weighted by atomic mass is 79.9. The summed E-state index contributed by atoms with van der Waals surface area (Å²) in [7, 11) is 0. The summed E-state index contributed by atoms with van der Waals surface area (Å²) in [5.74, 6) is 7.09. The van der Waals surface area contributed by atoms with E-state index in [4.69, 9.17) is 57.9 Å². The monoisotopic (exact) mass is 494 g/mol. The highest BCUT2D eigenvalue weighted by Crippen LogP contribution is 1.82. The van der Waals surface area contributed by atoms with Crippen molar-refractivity contribution >= 4 is 15.9 Å². The van der Waals surface area contributed by atoms with E-state index in [9.17, 15) is 0 Å². The predicted molar refractivity (Wildman–Crippen MR) is 119 cm³/mol. The number of aliphatic hydroxyl groups is 2. The smallest absolute Gasteiger partial charge is 0.107 e. The van der Waals surface area contributed by atoms with E-state index in [-0.39, 0.29) is 13.2 Å². The first-order chi connectivity index (χ1) is 14.7. The quantitative estimate of drug-likeness (QED) is 0.160. The lowest BCUT2D eigenvalue weighted by Crippen LogP contribution is -2.11. The Labute approximate surface area is 189 Å². The van der Waals surface area contributed by atoms with Crippen LogP contribution in [0.1, 0.15) is 0 Å². The van der Waals surface area contributed by atoms with Crippen LogP contribution in [0, 0.1) is 37.0 Å². The van der Waals surface area contributed by atoms with Crippen molar-refractivity contribution in [2.24, 2.45) is 0 Å². The molecule has 0 saturated heterocycles. The summed E-state index contributed by atoms with van der Waals surface area (Å²) in [6, 6.07) is 0. The molecule has 0 rings (SSSR count). The molecule has 0 fully saturated rings. The van der Waals surface area contributed by atoms with Crippen molar-refractivity contribution < 1.29 is 38.6 Å². The van der Waals surface area contributed by atoms with E-state index in [2.05, 4.69) is 33.7 Å². The Morgan fingerprint density at radius 3 is 1.00 bits per heavy atom. The van der Waals surface area contributed by atoms with Crippen LogP contribution in [0.2, 0.25) is 0 Å². The molecule has 0 aromatic heterocycles. The van der Waals surface area contributed by atoms with Crippen LogP contribution in [0.5, 0.6) is 0 Å². The Hall–Kier alpha value is -1.16. The van der Waals surface area contributed by atoms with E-state index < -0.39 is 0 Å². The maximum absolute atomic E-state index is 8.26. The molecule has 0 spiro atoms. The van der Waals surface area contributed by atoms with Gasteiger partial charge in [-0.15, -0.1) is 19.3 Å². The van der Waals surface area contributed by atoms with Crippen molar-refractivity contribution in [3.8, 4) is 37.0 Å². The first-order valence-electron chi connectivity index (χ1n) is 9.29. The van der Waals surface area contributed by atoms with Crippen LogP contribution in [-0.2, 0) is 28.4 Å². The Morgan fingerprint density at radius 2 is 0.767 bits per heavy atom. The van der Waals surface area contributed by atoms with Gasteiger partial charge in [0.15, 0.2) is 0 Å². The van der Waals surface area contributed by atoms with Gasteiger partial charge in [0.2, 0.25) is 0 Å². The van der Waals surface area contributed by atoms with Crippen molar-refractivity contribution in [2.75, 3.05) is 97.8 Å². The van der Waals surface area contributed by atoms with Crippen molar-refractivity contribution in [3.05, 3.63) is 0 Å². The summed E-state index contributed by atoms with van der Waals surface area (Å²) < 4.78 is 30.2. The summed E-state index contributed by atoms with van der Waals surface area (Å²) in [6.45, 7) is 5.52. The molecule has 9 heteroatoms. The minimum Gasteiger partial charge on any atom is -0.394 e. The second kappa shape index (κ2) is 38.4. The molecule has 0 aliphatic carbocycles. The van der Waals surface area contributed by atoms with Crippen LogP contribution in [0.4, 0.5) is 0 Å². The average molecular weight is 495 g/mol. The Morgan fingerprint density at radius 1 is 0.500 bits per heavy atom. The molecular weight excluding hydrogens is 460 g/mol. The molecule has 0 saturated carbocycles. The van der Waals surface area contributed by atoms with Crippen molar-refractivity contribution in [2.45, 2.75) is 0 Å². The van der Waals surface area contributed by atoms with E-state index in [1.807, 2.05) is 0 Å². The highest BCUT2D eigenvalue weighted by molar-refractivity contribution is 9.09. The zero-order valence-electron chi connectivity index (χ0n) is 17.6. The lowest BCUT2D eigenvalue weighted by molar-refractivity contribution is 0.00487. The van der Waals surface area contributed by atoms with Gasteiger partial charge in [-0.3, -0.25) is 0 Å². The van der Waals surface area contributed by atoms with Gasteiger partial charge in [-0.1, -0.05) is 33.7 Å². The molecule has 0 aliphatic heterocycles. The van der Waals surface area contributed by atoms with Gasteiger partial charge in [-0.25, -0.2) is 0 Å². The molecule has 0 aromatic rings. The summed E-state index contributed by atoms with van der Waals surface area (Å²) in [5, 5.41) is 17.2. The number of terminal acetylenes is 3. The van der Waals surface area contributed by atoms with E-state index >= 15 is 0 Å². The van der Waals surface area contributed by atoms with Crippen LogP contribution in [0.15, 0.2) is 0 Å². The lowest BCUT2D eigenvalue weighted by Gasteiger charge is -2.05. The third kappa shape index (κ3) is 45.5. The van der Waals surface area contributed by atoms with Crippen LogP contribution < -0.4 is 0 Å².